The number of pyridine rings is 1. The van der Waals surface area contributed by atoms with Gasteiger partial charge in [-0.1, -0.05) is 5.21 Å². The van der Waals surface area contributed by atoms with Gasteiger partial charge in [-0.3, -0.25) is 4.79 Å². The van der Waals surface area contributed by atoms with Crippen LogP contribution < -0.4 is 5.73 Å². The van der Waals surface area contributed by atoms with Crippen LogP contribution in [0.2, 0.25) is 0 Å². The molecule has 0 aromatic carbocycles. The number of halogens is 3. The van der Waals surface area contributed by atoms with E-state index in [4.69, 9.17) is 5.73 Å². The molecule has 128 valence electrons. The standard InChI is InChI=1S/C14H15F3N6O/c15-14(16,17)10-1-2-12(19-6-10)23-8-11(20-21-23)13(24)22-4-3-9(5-18)7-22/h1-2,6,8-9H,3-5,7,18H2. The van der Waals surface area contributed by atoms with Crippen molar-refractivity contribution >= 4 is 5.91 Å². The lowest BCUT2D eigenvalue weighted by atomic mass is 10.1. The number of nitrogens with two attached hydrogens (primary N) is 1. The number of aromatic nitrogens is 4. The fourth-order valence-corrected chi connectivity index (χ4v) is 2.53. The summed E-state index contributed by atoms with van der Waals surface area (Å²) >= 11 is 0. The summed E-state index contributed by atoms with van der Waals surface area (Å²) in [5.41, 5.74) is 4.86. The predicted octanol–water partition coefficient (Wildman–Crippen LogP) is 1.10. The van der Waals surface area contributed by atoms with Crippen molar-refractivity contribution in [2.75, 3.05) is 19.6 Å². The first-order valence-corrected chi connectivity index (χ1v) is 7.34. The zero-order valence-electron chi connectivity index (χ0n) is 12.6. The molecular weight excluding hydrogens is 325 g/mol. The number of hydrogen-bond acceptors (Lipinski definition) is 5. The molecule has 1 aliphatic heterocycles. The van der Waals surface area contributed by atoms with Gasteiger partial charge in [0.05, 0.1) is 11.8 Å². The molecule has 1 aliphatic rings. The number of rotatable bonds is 3. The average Bonchev–Trinajstić information content (AvgIpc) is 3.23. The Bertz CT molecular complexity index is 727. The third-order valence-corrected chi connectivity index (χ3v) is 3.93. The maximum atomic E-state index is 12.5. The number of hydrogen-bond donors (Lipinski definition) is 1. The molecule has 7 nitrogen and oxygen atoms in total. The summed E-state index contributed by atoms with van der Waals surface area (Å²) < 4.78 is 38.8. The first-order valence-electron chi connectivity index (χ1n) is 7.34. The third-order valence-electron chi connectivity index (χ3n) is 3.93. The Morgan fingerprint density at radius 1 is 1.38 bits per heavy atom. The summed E-state index contributed by atoms with van der Waals surface area (Å²) in [6.45, 7) is 1.69. The smallest absolute Gasteiger partial charge is 0.337 e. The van der Waals surface area contributed by atoms with Crippen molar-refractivity contribution in [3.05, 3.63) is 35.8 Å². The van der Waals surface area contributed by atoms with Gasteiger partial charge < -0.3 is 10.6 Å². The van der Waals surface area contributed by atoms with Gasteiger partial charge in [0.25, 0.3) is 5.91 Å². The zero-order valence-corrected chi connectivity index (χ0v) is 12.6. The van der Waals surface area contributed by atoms with Gasteiger partial charge in [0.15, 0.2) is 11.5 Å². The van der Waals surface area contributed by atoms with E-state index in [2.05, 4.69) is 15.3 Å². The van der Waals surface area contributed by atoms with Crippen molar-refractivity contribution in [1.29, 1.82) is 0 Å². The van der Waals surface area contributed by atoms with E-state index in [-0.39, 0.29) is 23.3 Å². The monoisotopic (exact) mass is 340 g/mol. The normalized spacial score (nSPS) is 18.2. The lowest BCUT2D eigenvalue weighted by Gasteiger charge is -2.13. The minimum atomic E-state index is -4.45. The number of amides is 1. The molecule has 2 aromatic heterocycles. The maximum Gasteiger partial charge on any atom is 0.417 e. The Morgan fingerprint density at radius 3 is 2.75 bits per heavy atom. The number of carbonyl (C=O) groups is 1. The number of nitrogens with zero attached hydrogens (tertiary/aromatic N) is 5. The molecule has 0 radical (unpaired) electrons. The fourth-order valence-electron chi connectivity index (χ4n) is 2.53. The van der Waals surface area contributed by atoms with Crippen LogP contribution in [0.25, 0.3) is 5.82 Å². The molecule has 0 bridgehead atoms. The molecule has 10 heteroatoms. The van der Waals surface area contributed by atoms with Gasteiger partial charge in [-0.2, -0.15) is 13.2 Å². The van der Waals surface area contributed by atoms with Gasteiger partial charge in [0.2, 0.25) is 0 Å². The van der Waals surface area contributed by atoms with Crippen molar-refractivity contribution in [3.8, 4) is 5.82 Å². The van der Waals surface area contributed by atoms with Crippen molar-refractivity contribution in [3.63, 3.8) is 0 Å². The Kier molecular flexibility index (Phi) is 4.22. The van der Waals surface area contributed by atoms with Gasteiger partial charge in [0.1, 0.15) is 0 Å². The molecule has 0 saturated carbocycles. The highest BCUT2D eigenvalue weighted by atomic mass is 19.4. The highest BCUT2D eigenvalue weighted by Gasteiger charge is 2.31. The van der Waals surface area contributed by atoms with E-state index in [1.807, 2.05) is 0 Å². The second-order valence-corrected chi connectivity index (χ2v) is 5.59. The summed E-state index contributed by atoms with van der Waals surface area (Å²) in [5, 5.41) is 7.55. The molecule has 1 atom stereocenters. The highest BCUT2D eigenvalue weighted by molar-refractivity contribution is 5.92. The van der Waals surface area contributed by atoms with Crippen molar-refractivity contribution < 1.29 is 18.0 Å². The topological polar surface area (TPSA) is 89.9 Å². The van der Waals surface area contributed by atoms with Crippen LogP contribution in [0.15, 0.2) is 24.5 Å². The van der Waals surface area contributed by atoms with Crippen LogP contribution in [0, 0.1) is 5.92 Å². The van der Waals surface area contributed by atoms with Gasteiger partial charge in [-0.05, 0) is 31.0 Å². The molecule has 1 unspecified atom stereocenters. The molecule has 1 saturated heterocycles. The lowest BCUT2D eigenvalue weighted by Crippen LogP contribution is -2.30. The first-order chi connectivity index (χ1) is 11.4. The first kappa shape index (κ1) is 16.4. The van der Waals surface area contributed by atoms with E-state index in [1.54, 1.807) is 4.90 Å². The van der Waals surface area contributed by atoms with E-state index in [0.29, 0.717) is 25.8 Å². The van der Waals surface area contributed by atoms with Crippen LogP contribution >= 0.6 is 0 Å². The molecule has 2 N–H and O–H groups in total. The summed E-state index contributed by atoms with van der Waals surface area (Å²) in [6, 6.07) is 2.07. The van der Waals surface area contributed by atoms with Crippen LogP contribution in [0.1, 0.15) is 22.5 Å². The lowest BCUT2D eigenvalue weighted by molar-refractivity contribution is -0.137. The quantitative estimate of drug-likeness (QED) is 0.904. The molecule has 0 spiro atoms. The molecule has 2 aromatic rings. The Morgan fingerprint density at radius 2 is 2.17 bits per heavy atom. The van der Waals surface area contributed by atoms with Crippen LogP contribution in [-0.2, 0) is 6.18 Å². The predicted molar refractivity (Wildman–Crippen MR) is 77.2 cm³/mol. The molecule has 3 heterocycles. The molecule has 1 amide bonds. The van der Waals surface area contributed by atoms with Crippen LogP contribution in [0.3, 0.4) is 0 Å². The number of carbonyl (C=O) groups excluding carboxylic acids is 1. The number of likely N-dealkylation sites (tertiary alicyclic amines) is 1. The highest BCUT2D eigenvalue weighted by Crippen LogP contribution is 2.28. The third kappa shape index (κ3) is 3.23. The second kappa shape index (κ2) is 6.19. The van der Waals surface area contributed by atoms with Gasteiger partial charge in [-0.25, -0.2) is 9.67 Å². The van der Waals surface area contributed by atoms with Gasteiger partial charge in [-0.15, -0.1) is 5.10 Å². The van der Waals surface area contributed by atoms with Crippen molar-refractivity contribution in [1.82, 2.24) is 24.9 Å². The molecule has 24 heavy (non-hydrogen) atoms. The van der Waals surface area contributed by atoms with E-state index < -0.39 is 11.7 Å². The van der Waals surface area contributed by atoms with Gasteiger partial charge >= 0.3 is 6.18 Å². The fraction of sp³-hybridized carbons (Fsp3) is 0.429. The molecule has 3 rings (SSSR count). The van der Waals surface area contributed by atoms with E-state index in [1.165, 1.54) is 16.9 Å². The van der Waals surface area contributed by atoms with Crippen LogP contribution in [0.4, 0.5) is 13.2 Å². The van der Waals surface area contributed by atoms with E-state index >= 15 is 0 Å². The Balaban J connectivity index is 1.75. The van der Waals surface area contributed by atoms with E-state index in [0.717, 1.165) is 12.5 Å². The van der Waals surface area contributed by atoms with Crippen molar-refractivity contribution in [2.24, 2.45) is 11.7 Å². The molecule has 1 fully saturated rings. The summed E-state index contributed by atoms with van der Waals surface area (Å²) in [6.07, 6.45) is -1.54. The summed E-state index contributed by atoms with van der Waals surface area (Å²) in [4.78, 5) is 17.7. The van der Waals surface area contributed by atoms with E-state index in [9.17, 15) is 18.0 Å². The number of alkyl halides is 3. The minimum Gasteiger partial charge on any atom is -0.337 e. The Hall–Kier alpha value is -2.49. The zero-order chi connectivity index (χ0) is 17.3. The van der Waals surface area contributed by atoms with Crippen LogP contribution in [0.5, 0.6) is 0 Å². The van der Waals surface area contributed by atoms with Crippen LogP contribution in [-0.4, -0.2) is 50.4 Å². The molecule has 0 aliphatic carbocycles. The summed E-state index contributed by atoms with van der Waals surface area (Å²) in [7, 11) is 0. The van der Waals surface area contributed by atoms with Crippen molar-refractivity contribution in [2.45, 2.75) is 12.6 Å². The largest absolute Gasteiger partial charge is 0.417 e. The van der Waals surface area contributed by atoms with Gasteiger partial charge in [0, 0.05) is 19.3 Å². The summed E-state index contributed by atoms with van der Waals surface area (Å²) in [5.74, 6) is 0.153. The SMILES string of the molecule is NCC1CCN(C(=O)c2cn(-c3ccc(C(F)(F)F)cn3)nn2)C1. The molecular formula is C14H15F3N6O. The Labute approximate surface area is 135 Å². The minimum absolute atomic E-state index is 0.120. The second-order valence-electron chi connectivity index (χ2n) is 5.59. The average molecular weight is 340 g/mol. The maximum absolute atomic E-state index is 12.5.